The monoisotopic (exact) mass is 728 g/mol. The molecule has 47 heavy (non-hydrogen) atoms. The molecule has 0 aliphatic carbocycles. The summed E-state index contributed by atoms with van der Waals surface area (Å²) in [5.74, 6) is -3.11. The number of hydrogen-bond donors (Lipinski definition) is 1. The molecule has 0 saturated carbocycles. The van der Waals surface area contributed by atoms with E-state index in [4.69, 9.17) is 37.4 Å². The number of aromatic nitrogens is 2. The normalized spacial score (nSPS) is 16.5. The quantitative estimate of drug-likeness (QED) is 0.179. The summed E-state index contributed by atoms with van der Waals surface area (Å²) in [4.78, 5) is 16.0. The highest BCUT2D eigenvalue weighted by molar-refractivity contribution is 7.93. The summed E-state index contributed by atoms with van der Waals surface area (Å²) < 4.78 is 80.1. The molecule has 250 valence electrons. The summed E-state index contributed by atoms with van der Waals surface area (Å²) in [6, 6.07) is 11.1. The SMILES string of the molecule is COc1ccc(CN(c2ncns2)S(=O)(=O)c2cc(F)cc(OC[C@H]3CN(C(=O)O)CC[C@@H]3c3ccc(Cl)c(Cl)c3)c2F)cc1OC. The van der Waals surface area contributed by atoms with Gasteiger partial charge in [0.15, 0.2) is 23.1 Å². The van der Waals surface area contributed by atoms with Crippen molar-refractivity contribution in [3.8, 4) is 17.2 Å². The molecule has 3 aromatic carbocycles. The van der Waals surface area contributed by atoms with E-state index in [0.717, 1.165) is 33.8 Å². The van der Waals surface area contributed by atoms with E-state index in [1.807, 2.05) is 0 Å². The molecular weight excluding hydrogens is 701 g/mol. The van der Waals surface area contributed by atoms with Crippen molar-refractivity contribution in [2.45, 2.75) is 23.8 Å². The third-order valence-corrected chi connectivity index (χ3v) is 11.0. The van der Waals surface area contributed by atoms with E-state index in [1.165, 1.54) is 19.1 Å². The maximum atomic E-state index is 16.1. The maximum Gasteiger partial charge on any atom is 0.407 e. The molecule has 0 spiro atoms. The standard InChI is InChI=1S/C30H28Cl2F2N4O7S2/c1-43-24-6-3-17(9-25(24)44-2)13-38(29-35-16-36-46-29)47(41,42)27-12-20(33)11-26(28(27)34)45-15-19-14-37(30(39)40)8-7-21(19)18-4-5-22(31)23(32)10-18/h3-6,9-12,16,19,21H,7-8,13-15H2,1-2H3,(H,39,40)/t19-,21-/m1/s1. The van der Waals surface area contributed by atoms with Gasteiger partial charge in [-0.25, -0.2) is 31.3 Å². The Kier molecular flexibility index (Phi) is 10.6. The van der Waals surface area contributed by atoms with Gasteiger partial charge in [0.05, 0.1) is 37.4 Å². The van der Waals surface area contributed by atoms with Crippen LogP contribution >= 0.6 is 34.7 Å². The topological polar surface area (TPSA) is 131 Å². The minimum Gasteiger partial charge on any atom is -0.493 e. The number of ether oxygens (including phenoxy) is 3. The lowest BCUT2D eigenvalue weighted by Gasteiger charge is -2.37. The van der Waals surface area contributed by atoms with Crippen molar-refractivity contribution in [2.24, 2.45) is 5.92 Å². The summed E-state index contributed by atoms with van der Waals surface area (Å²) in [5.41, 5.74) is 1.20. The number of rotatable bonds is 11. The van der Waals surface area contributed by atoms with Crippen LogP contribution in [0.2, 0.25) is 10.0 Å². The molecule has 11 nitrogen and oxygen atoms in total. The highest BCUT2D eigenvalue weighted by Crippen LogP contribution is 2.38. The third kappa shape index (κ3) is 7.48. The number of nitrogens with zero attached hydrogens (tertiary/aromatic N) is 4. The molecule has 2 atom stereocenters. The molecule has 1 aromatic heterocycles. The summed E-state index contributed by atoms with van der Waals surface area (Å²) in [7, 11) is -1.93. The first-order valence-corrected chi connectivity index (χ1v) is 16.9. The third-order valence-electron chi connectivity index (χ3n) is 7.71. The number of methoxy groups -OCH3 is 2. The number of hydrogen-bond acceptors (Lipinski definition) is 9. The Morgan fingerprint density at radius 2 is 1.83 bits per heavy atom. The van der Waals surface area contributed by atoms with E-state index in [1.54, 1.807) is 36.4 Å². The number of likely N-dealkylation sites (tertiary alicyclic amines) is 1. The van der Waals surface area contributed by atoms with Gasteiger partial charge in [0.25, 0.3) is 10.0 Å². The Bertz CT molecular complexity index is 1870. The Labute approximate surface area is 283 Å². The highest BCUT2D eigenvalue weighted by Gasteiger charge is 2.35. The van der Waals surface area contributed by atoms with Crippen molar-refractivity contribution >= 4 is 56.0 Å². The second kappa shape index (κ2) is 14.5. The lowest BCUT2D eigenvalue weighted by molar-refractivity contribution is 0.0926. The van der Waals surface area contributed by atoms with Gasteiger partial charge in [0.2, 0.25) is 5.13 Å². The van der Waals surface area contributed by atoms with Crippen molar-refractivity contribution in [2.75, 3.05) is 38.2 Å². The van der Waals surface area contributed by atoms with Crippen LogP contribution < -0.4 is 18.5 Å². The number of piperidine rings is 1. The molecule has 1 aliphatic heterocycles. The van der Waals surface area contributed by atoms with E-state index in [-0.39, 0.29) is 37.3 Å². The Balaban J connectivity index is 1.46. The first-order valence-electron chi connectivity index (χ1n) is 14.0. The molecule has 1 fully saturated rings. The van der Waals surface area contributed by atoms with Gasteiger partial charge in [0.1, 0.15) is 17.0 Å². The van der Waals surface area contributed by atoms with E-state index in [2.05, 4.69) is 9.36 Å². The zero-order valence-corrected chi connectivity index (χ0v) is 28.0. The predicted molar refractivity (Wildman–Crippen MR) is 172 cm³/mol. The number of halogens is 4. The molecule has 1 saturated heterocycles. The van der Waals surface area contributed by atoms with Crippen molar-refractivity contribution < 1.29 is 41.3 Å². The largest absolute Gasteiger partial charge is 0.493 e. The van der Waals surface area contributed by atoms with E-state index >= 15 is 8.78 Å². The second-order valence-electron chi connectivity index (χ2n) is 10.5. The van der Waals surface area contributed by atoms with Crippen LogP contribution in [0.4, 0.5) is 18.7 Å². The van der Waals surface area contributed by atoms with Crippen LogP contribution in [-0.2, 0) is 16.6 Å². The molecule has 0 bridgehead atoms. The lowest BCUT2D eigenvalue weighted by atomic mass is 9.81. The average molecular weight is 730 g/mol. The van der Waals surface area contributed by atoms with Crippen LogP contribution in [-0.4, -0.2) is 67.8 Å². The van der Waals surface area contributed by atoms with Crippen molar-refractivity contribution in [1.82, 2.24) is 14.3 Å². The van der Waals surface area contributed by atoms with Gasteiger partial charge < -0.3 is 24.2 Å². The number of amides is 1. The zero-order valence-electron chi connectivity index (χ0n) is 24.9. The van der Waals surface area contributed by atoms with Crippen molar-refractivity contribution in [3.05, 3.63) is 87.7 Å². The number of sulfonamides is 1. The zero-order chi connectivity index (χ0) is 33.9. The van der Waals surface area contributed by atoms with Gasteiger partial charge in [-0.1, -0.05) is 35.3 Å². The van der Waals surface area contributed by atoms with Gasteiger partial charge in [-0.05, 0) is 53.8 Å². The summed E-state index contributed by atoms with van der Waals surface area (Å²) in [5, 5.41) is 10.2. The smallest absolute Gasteiger partial charge is 0.407 e. The minimum absolute atomic E-state index is 0.0263. The van der Waals surface area contributed by atoms with Crippen LogP contribution in [0.3, 0.4) is 0 Å². The van der Waals surface area contributed by atoms with E-state index in [9.17, 15) is 18.3 Å². The number of anilines is 1. The Morgan fingerprint density at radius 3 is 2.49 bits per heavy atom. The molecule has 0 radical (unpaired) electrons. The molecule has 2 heterocycles. The van der Waals surface area contributed by atoms with Crippen LogP contribution in [0.15, 0.2) is 59.8 Å². The molecule has 5 rings (SSSR count). The van der Waals surface area contributed by atoms with E-state index in [0.29, 0.717) is 39.6 Å². The van der Waals surface area contributed by atoms with Crippen LogP contribution in [0, 0.1) is 17.6 Å². The fourth-order valence-electron chi connectivity index (χ4n) is 5.38. The molecule has 1 aliphatic rings. The maximum absolute atomic E-state index is 16.1. The van der Waals surface area contributed by atoms with Crippen molar-refractivity contribution in [1.29, 1.82) is 0 Å². The van der Waals surface area contributed by atoms with Gasteiger partial charge in [-0.15, -0.1) is 0 Å². The number of carbonyl (C=O) groups is 1. The minimum atomic E-state index is -4.80. The van der Waals surface area contributed by atoms with Crippen LogP contribution in [0.1, 0.15) is 23.5 Å². The first-order chi connectivity index (χ1) is 22.4. The second-order valence-corrected chi connectivity index (χ2v) is 13.9. The molecule has 1 N–H and O–H groups in total. The van der Waals surface area contributed by atoms with Crippen molar-refractivity contribution in [3.63, 3.8) is 0 Å². The fraction of sp³-hybridized carbons (Fsp3) is 0.300. The lowest BCUT2D eigenvalue weighted by Crippen LogP contribution is -2.44. The summed E-state index contributed by atoms with van der Waals surface area (Å²) in [6.07, 6.45) is 0.401. The average Bonchev–Trinajstić information content (AvgIpc) is 3.59. The Hall–Kier alpha value is -3.92. The van der Waals surface area contributed by atoms with Gasteiger partial charge >= 0.3 is 6.09 Å². The first kappa shape index (κ1) is 34.4. The molecule has 0 unspecified atom stereocenters. The molecule has 17 heteroatoms. The molecular formula is C30H28Cl2F2N4O7S2. The van der Waals surface area contributed by atoms with Gasteiger partial charge in [-0.3, -0.25) is 0 Å². The predicted octanol–water partition coefficient (Wildman–Crippen LogP) is 6.70. The van der Waals surface area contributed by atoms with Crippen LogP contribution in [0.25, 0.3) is 0 Å². The van der Waals surface area contributed by atoms with Gasteiger partial charge in [0, 0.05) is 36.6 Å². The Morgan fingerprint density at radius 1 is 1.06 bits per heavy atom. The number of benzene rings is 3. The number of carboxylic acid groups (broad SMARTS) is 1. The van der Waals surface area contributed by atoms with Crippen LogP contribution in [0.5, 0.6) is 17.2 Å². The summed E-state index contributed by atoms with van der Waals surface area (Å²) >= 11 is 13.1. The molecule has 1 amide bonds. The fourth-order valence-corrected chi connectivity index (χ4v) is 7.92. The highest BCUT2D eigenvalue weighted by atomic mass is 35.5. The van der Waals surface area contributed by atoms with E-state index < -0.39 is 44.3 Å². The summed E-state index contributed by atoms with van der Waals surface area (Å²) in [6.45, 7) is -0.337. The molecule has 4 aromatic rings. The van der Waals surface area contributed by atoms with Gasteiger partial charge in [-0.2, -0.15) is 4.37 Å².